The van der Waals surface area contributed by atoms with Crippen molar-refractivity contribution in [1.29, 1.82) is 0 Å². The monoisotopic (exact) mass is 1220 g/mol. The van der Waals surface area contributed by atoms with Gasteiger partial charge in [-0.3, -0.25) is 0 Å². The van der Waals surface area contributed by atoms with Gasteiger partial charge in [0, 0.05) is 115 Å². The van der Waals surface area contributed by atoms with Gasteiger partial charge in [-0.25, -0.2) is 29.1 Å². The first kappa shape index (κ1) is 52.3. The largest absolute Gasteiger partial charge is 2.00 e. The summed E-state index contributed by atoms with van der Waals surface area (Å²) in [6, 6.07) is 54.5. The minimum atomic E-state index is -0.494. The molecule has 7 aromatic heterocycles. The van der Waals surface area contributed by atoms with E-state index in [9.17, 15) is 19.2 Å². The number of hydrogen-bond donors (Lipinski definition) is 0. The first-order valence-corrected chi connectivity index (χ1v) is 27.2. The topological polar surface area (TPSA) is 263 Å². The molecular weight excluding hydrogens is 1180 g/mol. The van der Waals surface area contributed by atoms with E-state index in [0.29, 0.717) is 112 Å². The molecule has 9 heterocycles. The normalized spacial score (nSPS) is 11.7. The molecule has 0 saturated carbocycles. The van der Waals surface area contributed by atoms with E-state index in [1.165, 1.54) is 24.3 Å². The zero-order chi connectivity index (χ0) is 58.7. The van der Waals surface area contributed by atoms with Crippen LogP contribution in [0.4, 0.5) is 0 Å². The van der Waals surface area contributed by atoms with Crippen molar-refractivity contribution in [2.75, 3.05) is 0 Å². The number of nitrogens with zero attached hydrogens (tertiary/aromatic N) is 8. The van der Waals surface area contributed by atoms with Gasteiger partial charge in [0.2, 0.25) is 0 Å². The Hall–Kier alpha value is -12.3. The molecule has 2 aliphatic heterocycles. The fourth-order valence-corrected chi connectivity index (χ4v) is 10.8. The van der Waals surface area contributed by atoms with Crippen molar-refractivity contribution in [2.24, 2.45) is 0 Å². The van der Waals surface area contributed by atoms with E-state index in [-0.39, 0.29) is 63.0 Å². The molecule has 17 rings (SSSR count). The zero-order valence-electron chi connectivity index (χ0n) is 45.3. The van der Waals surface area contributed by atoms with Gasteiger partial charge < -0.3 is 66.5 Å². The molecule has 0 amide bonds. The van der Waals surface area contributed by atoms with Crippen molar-refractivity contribution in [3.05, 3.63) is 236 Å². The zero-order valence-corrected chi connectivity index (χ0v) is 46.2. The van der Waals surface area contributed by atoms with Gasteiger partial charge in [0.05, 0.1) is 23.3 Å². The SMILES string of the molecule is O=c1ccc2ccc(Oc3ccc4c(c3)-c3nc-4nc4[n-]c(nc5nc(nc6[n-]c(n3)c3cc(Oc7ccc8ccc(=O)oc8c7)ccc63)-c3ccc(Oc6ccc7ccc(=O)oc7c6)cc3-5)c3cc(Oc5ccc6ccc(=O)oc6c5)ccc43)cc2o1.[Cu+2]. The van der Waals surface area contributed by atoms with Crippen LogP contribution in [-0.4, -0.2) is 29.9 Å². The third-order valence-corrected chi connectivity index (χ3v) is 14.9. The molecule has 20 nitrogen and oxygen atoms in total. The van der Waals surface area contributed by atoms with Crippen LogP contribution in [0.5, 0.6) is 46.0 Å². The Balaban J connectivity index is 0.00000636. The second kappa shape index (κ2) is 20.4. The molecule has 0 aliphatic carbocycles. The predicted molar refractivity (Wildman–Crippen MR) is 324 cm³/mol. The van der Waals surface area contributed by atoms with E-state index in [1.54, 1.807) is 146 Å². The van der Waals surface area contributed by atoms with E-state index in [0.717, 1.165) is 21.5 Å². The van der Waals surface area contributed by atoms with Crippen LogP contribution in [0.2, 0.25) is 0 Å². The summed E-state index contributed by atoms with van der Waals surface area (Å²) in [4.78, 5) is 89.9. The smallest absolute Gasteiger partial charge is 0.457 e. The third-order valence-electron chi connectivity index (χ3n) is 14.9. The quantitative estimate of drug-likeness (QED) is 0.101. The number of fused-ring (bicyclic) bond motifs is 24. The van der Waals surface area contributed by atoms with E-state index < -0.39 is 22.5 Å². The summed E-state index contributed by atoms with van der Waals surface area (Å²) in [6.07, 6.45) is 0. The molecule has 0 spiro atoms. The van der Waals surface area contributed by atoms with Gasteiger partial charge in [-0.2, -0.15) is 0 Å². The summed E-state index contributed by atoms with van der Waals surface area (Å²) >= 11 is 0. The average molecular weight is 1220 g/mol. The van der Waals surface area contributed by atoms with Crippen LogP contribution in [0.15, 0.2) is 231 Å². The van der Waals surface area contributed by atoms with Crippen molar-refractivity contribution in [1.82, 2.24) is 39.9 Å². The summed E-state index contributed by atoms with van der Waals surface area (Å²) < 4.78 is 47.6. The number of aromatic nitrogens is 8. The molecule has 427 valence electrons. The van der Waals surface area contributed by atoms with Gasteiger partial charge in [-0.1, -0.05) is 0 Å². The maximum atomic E-state index is 12.2. The molecule has 8 bridgehead atoms. The summed E-state index contributed by atoms with van der Waals surface area (Å²) in [7, 11) is 0. The molecule has 1 radical (unpaired) electrons. The van der Waals surface area contributed by atoms with Gasteiger partial charge in [-0.15, -0.1) is 0 Å². The first-order chi connectivity index (χ1) is 43.0. The van der Waals surface area contributed by atoms with Crippen LogP contribution in [0.1, 0.15) is 0 Å². The van der Waals surface area contributed by atoms with Crippen LogP contribution >= 0.6 is 0 Å². The maximum Gasteiger partial charge on any atom is 2.00 e. The number of rotatable bonds is 8. The van der Waals surface area contributed by atoms with Gasteiger partial charge in [0.1, 0.15) is 68.3 Å². The van der Waals surface area contributed by atoms with E-state index in [1.807, 2.05) is 24.3 Å². The van der Waals surface area contributed by atoms with Crippen molar-refractivity contribution >= 4 is 88.0 Å². The fraction of sp³-hybridized carbons (Fsp3) is 0. The van der Waals surface area contributed by atoms with Gasteiger partial charge in [0.15, 0.2) is 0 Å². The molecule has 2 aliphatic rings. The molecule has 0 saturated heterocycles. The minimum Gasteiger partial charge on any atom is -0.457 e. The van der Waals surface area contributed by atoms with Crippen LogP contribution in [0.25, 0.3) is 134 Å². The number of benzene rings is 8. The van der Waals surface area contributed by atoms with E-state index in [2.05, 4.69) is 0 Å². The molecule has 0 fully saturated rings. The Morgan fingerprint density at radius 1 is 0.258 bits per heavy atom. The molecular formula is C68H32CuN8O12. The number of hydrogen-bond acceptors (Lipinski definition) is 18. The van der Waals surface area contributed by atoms with Crippen molar-refractivity contribution < 1.29 is 53.7 Å². The van der Waals surface area contributed by atoms with Crippen LogP contribution < -0.4 is 51.4 Å². The third kappa shape index (κ3) is 9.53. The van der Waals surface area contributed by atoms with Crippen molar-refractivity contribution in [3.8, 4) is 91.5 Å². The maximum absolute atomic E-state index is 12.2. The van der Waals surface area contributed by atoms with Crippen LogP contribution in [0, 0.1) is 0 Å². The Morgan fingerprint density at radius 3 is 0.854 bits per heavy atom. The van der Waals surface area contributed by atoms with Gasteiger partial charge in [0.25, 0.3) is 0 Å². The Kier molecular flexibility index (Phi) is 12.0. The average Bonchev–Trinajstić information content (AvgIpc) is 2.28. The van der Waals surface area contributed by atoms with E-state index in [4.69, 9.17) is 76.5 Å². The summed E-state index contributed by atoms with van der Waals surface area (Å²) in [5, 5.41) is 5.12. The van der Waals surface area contributed by atoms with Crippen molar-refractivity contribution in [3.63, 3.8) is 0 Å². The summed E-state index contributed by atoms with van der Waals surface area (Å²) in [5.74, 6) is 4.23. The van der Waals surface area contributed by atoms with Gasteiger partial charge >= 0.3 is 39.6 Å². The fourth-order valence-electron chi connectivity index (χ4n) is 10.8. The molecule has 0 N–H and O–H groups in total. The van der Waals surface area contributed by atoms with Crippen molar-refractivity contribution in [2.45, 2.75) is 0 Å². The molecule has 0 unspecified atom stereocenters. The second-order valence-corrected chi connectivity index (χ2v) is 20.5. The Labute approximate surface area is 506 Å². The van der Waals surface area contributed by atoms with Crippen LogP contribution in [-0.2, 0) is 17.1 Å². The predicted octanol–water partition coefficient (Wildman–Crippen LogP) is 13.7. The summed E-state index contributed by atoms with van der Waals surface area (Å²) in [6.45, 7) is 0. The Bertz CT molecular complexity index is 5630. The van der Waals surface area contributed by atoms with Crippen LogP contribution in [0.3, 0.4) is 0 Å². The second-order valence-electron chi connectivity index (χ2n) is 20.5. The molecule has 15 aromatic rings. The molecule has 89 heavy (non-hydrogen) atoms. The molecule has 0 atom stereocenters. The Morgan fingerprint density at radius 2 is 0.517 bits per heavy atom. The standard InChI is InChI=1S/C68H32N8O12.Cu/c77-57-21-5-33-1-9-41(29-53(33)85-57)81-37-13-17-45-49(25-37)65-71-61(45)69-62-47-19-15-39(83-43-11-3-35-7-23-59(79)87-55(35)31-43)27-51(47)67(73-62)76-68-52-28-40(84-44-12-4-36-8-24-60(80)88-56(36)32-44)16-20-48(52)64(74-68)70-63-46-18-14-38(26-50(46)66(72-63)75-65)82-42-10-2-34-6-22-58(78)86-54(34)30-42;/h1-32H;/q-2;+2. The molecule has 21 heteroatoms. The summed E-state index contributed by atoms with van der Waals surface area (Å²) in [5.41, 5.74) is 2.63. The van der Waals surface area contributed by atoms with Gasteiger partial charge in [-0.05, 0) is 167 Å². The number of ether oxygens (including phenoxy) is 4. The minimum absolute atomic E-state index is 0. The molecule has 8 aromatic carbocycles. The first-order valence-electron chi connectivity index (χ1n) is 27.2. The van der Waals surface area contributed by atoms with E-state index >= 15 is 0 Å².